The molecule has 0 spiro atoms. The molecular formula is C18H15N3O4. The number of carbonyl (C=O) groups is 1. The van der Waals surface area contributed by atoms with Crippen molar-refractivity contribution in [2.75, 3.05) is 5.32 Å². The molecule has 126 valence electrons. The smallest absolute Gasteiger partial charge is 0.279 e. The standard InChI is InChI=1S/C18H15N3O4/c1-11-4-2-6-13(8-11)21-16(24)10-15(23)17(20-21)18(25)19-12-5-3-7-14(22)9-12/h2-10,22-23H,1H3,(H,19,25). The third kappa shape index (κ3) is 3.50. The maximum absolute atomic E-state index is 12.4. The van der Waals surface area contributed by atoms with Crippen molar-refractivity contribution in [3.8, 4) is 17.2 Å². The largest absolute Gasteiger partial charge is 0.508 e. The van der Waals surface area contributed by atoms with Crippen LogP contribution in [-0.2, 0) is 0 Å². The molecular weight excluding hydrogens is 322 g/mol. The fraction of sp³-hybridized carbons (Fsp3) is 0.0556. The number of phenols is 1. The van der Waals surface area contributed by atoms with E-state index in [-0.39, 0.29) is 11.4 Å². The summed E-state index contributed by atoms with van der Waals surface area (Å²) in [5, 5.41) is 25.9. The highest BCUT2D eigenvalue weighted by Gasteiger charge is 2.17. The van der Waals surface area contributed by atoms with E-state index in [1.807, 2.05) is 13.0 Å². The van der Waals surface area contributed by atoms with E-state index in [4.69, 9.17) is 0 Å². The molecule has 3 aromatic rings. The average Bonchev–Trinajstić information content (AvgIpc) is 2.54. The number of benzene rings is 2. The predicted octanol–water partition coefficient (Wildman–Crippen LogP) is 2.20. The summed E-state index contributed by atoms with van der Waals surface area (Å²) in [4.78, 5) is 24.5. The third-order valence-corrected chi connectivity index (χ3v) is 3.48. The lowest BCUT2D eigenvalue weighted by Gasteiger charge is -2.10. The molecule has 1 amide bonds. The molecule has 0 fully saturated rings. The van der Waals surface area contributed by atoms with Crippen LogP contribution in [-0.4, -0.2) is 25.9 Å². The molecule has 0 radical (unpaired) electrons. The zero-order chi connectivity index (χ0) is 18.0. The first-order valence-corrected chi connectivity index (χ1v) is 7.45. The lowest BCUT2D eigenvalue weighted by atomic mass is 10.2. The number of amides is 1. The average molecular weight is 337 g/mol. The molecule has 0 aliphatic heterocycles. The van der Waals surface area contributed by atoms with Crippen molar-refractivity contribution in [2.45, 2.75) is 6.92 Å². The predicted molar refractivity (Wildman–Crippen MR) is 92.3 cm³/mol. The Morgan fingerprint density at radius 1 is 1.08 bits per heavy atom. The normalized spacial score (nSPS) is 10.4. The molecule has 0 atom stereocenters. The van der Waals surface area contributed by atoms with Gasteiger partial charge in [-0.05, 0) is 36.8 Å². The molecule has 2 aromatic carbocycles. The van der Waals surface area contributed by atoms with Crippen LogP contribution in [0.2, 0.25) is 0 Å². The van der Waals surface area contributed by atoms with Crippen LogP contribution in [0.4, 0.5) is 5.69 Å². The minimum absolute atomic E-state index is 0.0142. The summed E-state index contributed by atoms with van der Waals surface area (Å²) in [7, 11) is 0. The Balaban J connectivity index is 2.00. The van der Waals surface area contributed by atoms with Crippen molar-refractivity contribution >= 4 is 11.6 Å². The minimum Gasteiger partial charge on any atom is -0.508 e. The summed E-state index contributed by atoms with van der Waals surface area (Å²) in [6.07, 6.45) is 0. The summed E-state index contributed by atoms with van der Waals surface area (Å²) in [5.41, 5.74) is 0.877. The summed E-state index contributed by atoms with van der Waals surface area (Å²) >= 11 is 0. The van der Waals surface area contributed by atoms with Crippen molar-refractivity contribution in [1.29, 1.82) is 0 Å². The molecule has 0 saturated heterocycles. The number of aryl methyl sites for hydroxylation is 1. The Bertz CT molecular complexity index is 1010. The summed E-state index contributed by atoms with van der Waals surface area (Å²) in [6, 6.07) is 13.9. The van der Waals surface area contributed by atoms with Gasteiger partial charge in [-0.3, -0.25) is 9.59 Å². The van der Waals surface area contributed by atoms with Crippen LogP contribution in [0, 0.1) is 6.92 Å². The van der Waals surface area contributed by atoms with Gasteiger partial charge in [0, 0.05) is 17.8 Å². The maximum atomic E-state index is 12.4. The summed E-state index contributed by atoms with van der Waals surface area (Å²) in [5.74, 6) is -1.24. The first-order chi connectivity index (χ1) is 11.9. The fourth-order valence-corrected chi connectivity index (χ4v) is 2.33. The van der Waals surface area contributed by atoms with Gasteiger partial charge in [0.2, 0.25) is 0 Å². The highest BCUT2D eigenvalue weighted by molar-refractivity contribution is 6.04. The molecule has 0 aliphatic carbocycles. The zero-order valence-corrected chi connectivity index (χ0v) is 13.3. The SMILES string of the molecule is Cc1cccc(-n2nc(C(=O)Nc3cccc(O)c3)c(O)cc2=O)c1. The van der Waals surface area contributed by atoms with Gasteiger partial charge in [0.25, 0.3) is 11.5 Å². The fourth-order valence-electron chi connectivity index (χ4n) is 2.33. The molecule has 0 unspecified atom stereocenters. The van der Waals surface area contributed by atoms with E-state index < -0.39 is 17.2 Å². The lowest BCUT2D eigenvalue weighted by Crippen LogP contribution is -2.25. The lowest BCUT2D eigenvalue weighted by molar-refractivity contribution is 0.101. The highest BCUT2D eigenvalue weighted by atomic mass is 16.3. The van der Waals surface area contributed by atoms with Gasteiger partial charge in [-0.25, -0.2) is 0 Å². The molecule has 0 aliphatic rings. The van der Waals surface area contributed by atoms with Gasteiger partial charge in [0.1, 0.15) is 5.75 Å². The van der Waals surface area contributed by atoms with Gasteiger partial charge >= 0.3 is 0 Å². The summed E-state index contributed by atoms with van der Waals surface area (Å²) in [6.45, 7) is 1.87. The molecule has 1 aromatic heterocycles. The van der Waals surface area contributed by atoms with Gasteiger partial charge < -0.3 is 15.5 Å². The van der Waals surface area contributed by atoms with Crippen molar-refractivity contribution in [1.82, 2.24) is 9.78 Å². The molecule has 3 N–H and O–H groups in total. The molecule has 1 heterocycles. The van der Waals surface area contributed by atoms with Crippen LogP contribution in [0.3, 0.4) is 0 Å². The Hall–Kier alpha value is -3.61. The van der Waals surface area contributed by atoms with Crippen molar-refractivity contribution < 1.29 is 15.0 Å². The van der Waals surface area contributed by atoms with E-state index in [0.29, 0.717) is 11.4 Å². The van der Waals surface area contributed by atoms with Gasteiger partial charge in [0.05, 0.1) is 5.69 Å². The van der Waals surface area contributed by atoms with Crippen LogP contribution in [0.5, 0.6) is 11.5 Å². The number of nitrogens with zero attached hydrogens (tertiary/aromatic N) is 2. The van der Waals surface area contributed by atoms with E-state index in [1.54, 1.807) is 30.3 Å². The molecule has 3 rings (SSSR count). The Labute approximate surface area is 142 Å². The second kappa shape index (κ2) is 6.48. The number of carbonyl (C=O) groups excluding carboxylic acids is 1. The van der Waals surface area contributed by atoms with Crippen LogP contribution in [0.15, 0.2) is 59.4 Å². The van der Waals surface area contributed by atoms with Gasteiger partial charge in [-0.2, -0.15) is 9.78 Å². The third-order valence-electron chi connectivity index (χ3n) is 3.48. The quantitative estimate of drug-likeness (QED) is 0.680. The monoisotopic (exact) mass is 337 g/mol. The highest BCUT2D eigenvalue weighted by Crippen LogP contribution is 2.18. The van der Waals surface area contributed by atoms with Crippen molar-refractivity contribution in [3.63, 3.8) is 0 Å². The van der Waals surface area contributed by atoms with Crippen molar-refractivity contribution in [2.24, 2.45) is 0 Å². The summed E-state index contributed by atoms with van der Waals surface area (Å²) < 4.78 is 1.05. The van der Waals surface area contributed by atoms with Gasteiger partial charge in [-0.1, -0.05) is 18.2 Å². The number of phenolic OH excluding ortho intramolecular Hbond substituents is 1. The van der Waals surface area contributed by atoms with Crippen LogP contribution >= 0.6 is 0 Å². The Kier molecular flexibility index (Phi) is 4.21. The second-order valence-corrected chi connectivity index (χ2v) is 5.47. The van der Waals surface area contributed by atoms with Crippen LogP contribution in [0.1, 0.15) is 16.1 Å². The topological polar surface area (TPSA) is 104 Å². The minimum atomic E-state index is -0.704. The second-order valence-electron chi connectivity index (χ2n) is 5.47. The van der Waals surface area contributed by atoms with Crippen molar-refractivity contribution in [3.05, 3.63) is 76.2 Å². The Morgan fingerprint density at radius 3 is 2.56 bits per heavy atom. The number of rotatable bonds is 3. The van der Waals surface area contributed by atoms with E-state index >= 15 is 0 Å². The first kappa shape index (κ1) is 16.3. The molecule has 25 heavy (non-hydrogen) atoms. The number of hydrogen-bond donors (Lipinski definition) is 3. The van der Waals surface area contributed by atoms with Crippen LogP contribution < -0.4 is 10.9 Å². The van der Waals surface area contributed by atoms with Crippen LogP contribution in [0.25, 0.3) is 5.69 Å². The number of aromatic hydroxyl groups is 2. The molecule has 7 heteroatoms. The number of nitrogens with one attached hydrogen (secondary N) is 1. The first-order valence-electron chi connectivity index (χ1n) is 7.45. The zero-order valence-electron chi connectivity index (χ0n) is 13.3. The number of anilines is 1. The number of hydrogen-bond acceptors (Lipinski definition) is 5. The van der Waals surface area contributed by atoms with E-state index in [9.17, 15) is 19.8 Å². The van der Waals surface area contributed by atoms with E-state index in [1.165, 1.54) is 12.1 Å². The Morgan fingerprint density at radius 2 is 1.84 bits per heavy atom. The van der Waals surface area contributed by atoms with Gasteiger partial charge in [0.15, 0.2) is 11.4 Å². The number of aromatic nitrogens is 2. The van der Waals surface area contributed by atoms with E-state index in [0.717, 1.165) is 16.3 Å². The molecule has 0 saturated carbocycles. The maximum Gasteiger partial charge on any atom is 0.279 e. The van der Waals surface area contributed by atoms with E-state index in [2.05, 4.69) is 10.4 Å². The van der Waals surface area contributed by atoms with Gasteiger partial charge in [-0.15, -0.1) is 0 Å². The molecule has 0 bridgehead atoms. The molecule has 7 nitrogen and oxygen atoms in total.